The summed E-state index contributed by atoms with van der Waals surface area (Å²) in [5.41, 5.74) is 2.90. The number of nitrogens with one attached hydrogen (secondary N) is 1. The van der Waals surface area contributed by atoms with Gasteiger partial charge in [-0.3, -0.25) is 0 Å². The van der Waals surface area contributed by atoms with Crippen molar-refractivity contribution < 1.29 is 13.9 Å². The zero-order chi connectivity index (χ0) is 14.8. The van der Waals surface area contributed by atoms with E-state index in [0.717, 1.165) is 24.3 Å². The topological polar surface area (TPSA) is 30.5 Å². The third kappa shape index (κ3) is 2.47. The molecule has 21 heavy (non-hydrogen) atoms. The van der Waals surface area contributed by atoms with Crippen LogP contribution < -0.4 is 14.8 Å². The number of ether oxygens (including phenoxy) is 2. The second-order valence-corrected chi connectivity index (χ2v) is 5.07. The maximum atomic E-state index is 14.5. The average molecular weight is 287 g/mol. The highest BCUT2D eigenvalue weighted by Crippen LogP contribution is 2.34. The standard InChI is InChI=1S/C17H18FNO2/c1-20-12-6-7-13-11(10-12)8-9-19-17(13)14-4-3-5-15(21-2)16(14)18/h3-7,10,17,19H,8-9H2,1-2H3. The Morgan fingerprint density at radius 2 is 1.95 bits per heavy atom. The Morgan fingerprint density at radius 3 is 2.71 bits per heavy atom. The summed E-state index contributed by atoms with van der Waals surface area (Å²) in [6.07, 6.45) is 0.911. The molecule has 2 aromatic rings. The van der Waals surface area contributed by atoms with Crippen LogP contribution in [0, 0.1) is 5.82 Å². The van der Waals surface area contributed by atoms with Crippen molar-refractivity contribution in [2.75, 3.05) is 20.8 Å². The first kappa shape index (κ1) is 13.9. The zero-order valence-electron chi connectivity index (χ0n) is 12.2. The Balaban J connectivity index is 2.06. The molecule has 3 rings (SSSR count). The van der Waals surface area contributed by atoms with Crippen molar-refractivity contribution >= 4 is 0 Å². The van der Waals surface area contributed by atoms with Gasteiger partial charge >= 0.3 is 0 Å². The largest absolute Gasteiger partial charge is 0.497 e. The van der Waals surface area contributed by atoms with Crippen LogP contribution in [0.3, 0.4) is 0 Å². The Morgan fingerprint density at radius 1 is 1.10 bits per heavy atom. The fraction of sp³-hybridized carbons (Fsp3) is 0.294. The van der Waals surface area contributed by atoms with Gasteiger partial charge in [0.05, 0.1) is 20.3 Å². The van der Waals surface area contributed by atoms with Gasteiger partial charge in [0.2, 0.25) is 0 Å². The van der Waals surface area contributed by atoms with Gasteiger partial charge in [0, 0.05) is 12.1 Å². The molecule has 4 heteroatoms. The smallest absolute Gasteiger partial charge is 0.170 e. The number of benzene rings is 2. The van der Waals surface area contributed by atoms with E-state index in [1.807, 2.05) is 24.3 Å². The van der Waals surface area contributed by atoms with Gasteiger partial charge in [-0.15, -0.1) is 0 Å². The van der Waals surface area contributed by atoms with Gasteiger partial charge in [-0.2, -0.15) is 0 Å². The Hall–Kier alpha value is -2.07. The van der Waals surface area contributed by atoms with Gasteiger partial charge in [0.1, 0.15) is 5.75 Å². The number of hydrogen-bond acceptors (Lipinski definition) is 3. The van der Waals surface area contributed by atoms with Crippen LogP contribution in [0.5, 0.6) is 11.5 Å². The normalized spacial score (nSPS) is 17.2. The molecule has 0 fully saturated rings. The Kier molecular flexibility index (Phi) is 3.80. The second-order valence-electron chi connectivity index (χ2n) is 5.07. The van der Waals surface area contributed by atoms with E-state index >= 15 is 0 Å². The molecule has 1 aliphatic rings. The van der Waals surface area contributed by atoms with E-state index in [9.17, 15) is 4.39 Å². The van der Waals surface area contributed by atoms with Gasteiger partial charge in [-0.05, 0) is 35.7 Å². The number of rotatable bonds is 3. The predicted molar refractivity (Wildman–Crippen MR) is 79.5 cm³/mol. The van der Waals surface area contributed by atoms with E-state index < -0.39 is 0 Å². The van der Waals surface area contributed by atoms with Crippen LogP contribution >= 0.6 is 0 Å². The maximum Gasteiger partial charge on any atom is 0.170 e. The minimum Gasteiger partial charge on any atom is -0.497 e. The van der Waals surface area contributed by atoms with Gasteiger partial charge in [0.15, 0.2) is 11.6 Å². The molecule has 0 aromatic heterocycles. The van der Waals surface area contributed by atoms with E-state index in [1.54, 1.807) is 19.2 Å². The average Bonchev–Trinajstić information content (AvgIpc) is 2.54. The molecular weight excluding hydrogens is 269 g/mol. The van der Waals surface area contributed by atoms with Gasteiger partial charge in [-0.25, -0.2) is 4.39 Å². The van der Waals surface area contributed by atoms with Crippen molar-refractivity contribution in [1.29, 1.82) is 0 Å². The predicted octanol–water partition coefficient (Wildman–Crippen LogP) is 3.08. The highest BCUT2D eigenvalue weighted by molar-refractivity contribution is 5.45. The van der Waals surface area contributed by atoms with Crippen LogP contribution in [0.4, 0.5) is 4.39 Å². The third-order valence-corrected chi connectivity index (χ3v) is 3.93. The molecule has 3 nitrogen and oxygen atoms in total. The molecule has 1 unspecified atom stereocenters. The highest BCUT2D eigenvalue weighted by atomic mass is 19.1. The fourth-order valence-corrected chi connectivity index (χ4v) is 2.85. The molecule has 1 heterocycles. The molecule has 1 N–H and O–H groups in total. The number of halogens is 1. The number of fused-ring (bicyclic) bond motifs is 1. The summed E-state index contributed by atoms with van der Waals surface area (Å²) in [6.45, 7) is 0.807. The summed E-state index contributed by atoms with van der Waals surface area (Å²) < 4.78 is 24.9. The van der Waals surface area contributed by atoms with Crippen LogP contribution in [-0.4, -0.2) is 20.8 Å². The van der Waals surface area contributed by atoms with Gasteiger partial charge in [-0.1, -0.05) is 18.2 Å². The molecule has 0 aliphatic carbocycles. The molecule has 2 aromatic carbocycles. The summed E-state index contributed by atoms with van der Waals surface area (Å²) in [6, 6.07) is 11.0. The van der Waals surface area contributed by atoms with E-state index in [-0.39, 0.29) is 17.6 Å². The van der Waals surface area contributed by atoms with Crippen LogP contribution in [0.1, 0.15) is 22.7 Å². The molecule has 0 amide bonds. The van der Waals surface area contributed by atoms with Crippen molar-refractivity contribution in [3.8, 4) is 11.5 Å². The van der Waals surface area contributed by atoms with Crippen molar-refractivity contribution in [2.45, 2.75) is 12.5 Å². The third-order valence-electron chi connectivity index (χ3n) is 3.93. The van der Waals surface area contributed by atoms with Crippen molar-refractivity contribution in [3.63, 3.8) is 0 Å². The molecule has 0 bridgehead atoms. The minimum absolute atomic E-state index is 0.158. The van der Waals surface area contributed by atoms with Gasteiger partial charge < -0.3 is 14.8 Å². The molecule has 0 saturated heterocycles. The summed E-state index contributed by atoms with van der Waals surface area (Å²) in [5, 5.41) is 3.38. The fourth-order valence-electron chi connectivity index (χ4n) is 2.85. The molecule has 0 radical (unpaired) electrons. The van der Waals surface area contributed by atoms with Crippen molar-refractivity contribution in [3.05, 3.63) is 58.9 Å². The zero-order valence-corrected chi connectivity index (χ0v) is 12.2. The lowest BCUT2D eigenvalue weighted by atomic mass is 9.89. The summed E-state index contributed by atoms with van der Waals surface area (Å²) in [7, 11) is 3.14. The maximum absolute atomic E-state index is 14.5. The summed E-state index contributed by atoms with van der Waals surface area (Å²) in [5.74, 6) is 0.802. The lowest BCUT2D eigenvalue weighted by molar-refractivity contribution is 0.381. The van der Waals surface area contributed by atoms with E-state index in [2.05, 4.69) is 5.32 Å². The lowest BCUT2D eigenvalue weighted by Gasteiger charge is -2.28. The Bertz CT molecular complexity index is 657. The van der Waals surface area contributed by atoms with Crippen LogP contribution in [0.2, 0.25) is 0 Å². The second kappa shape index (κ2) is 5.74. The molecule has 0 saturated carbocycles. The molecule has 110 valence electrons. The summed E-state index contributed by atoms with van der Waals surface area (Å²) in [4.78, 5) is 0. The first-order chi connectivity index (χ1) is 10.2. The van der Waals surface area contributed by atoms with Crippen LogP contribution in [-0.2, 0) is 6.42 Å². The van der Waals surface area contributed by atoms with Gasteiger partial charge in [0.25, 0.3) is 0 Å². The van der Waals surface area contributed by atoms with Crippen LogP contribution in [0.25, 0.3) is 0 Å². The monoisotopic (exact) mass is 287 g/mol. The number of methoxy groups -OCH3 is 2. The Labute approximate surface area is 123 Å². The van der Waals surface area contributed by atoms with Crippen molar-refractivity contribution in [2.24, 2.45) is 0 Å². The lowest BCUT2D eigenvalue weighted by Crippen LogP contribution is -2.31. The van der Waals surface area contributed by atoms with E-state index in [1.165, 1.54) is 12.7 Å². The van der Waals surface area contributed by atoms with E-state index in [4.69, 9.17) is 9.47 Å². The highest BCUT2D eigenvalue weighted by Gasteiger charge is 2.25. The van der Waals surface area contributed by atoms with E-state index in [0.29, 0.717) is 5.56 Å². The van der Waals surface area contributed by atoms with Crippen LogP contribution in [0.15, 0.2) is 36.4 Å². The number of hydrogen-bond donors (Lipinski definition) is 1. The molecule has 1 aliphatic heterocycles. The van der Waals surface area contributed by atoms with Crippen molar-refractivity contribution in [1.82, 2.24) is 5.32 Å². The molecular formula is C17H18FNO2. The first-order valence-corrected chi connectivity index (χ1v) is 6.97. The molecule has 1 atom stereocenters. The summed E-state index contributed by atoms with van der Waals surface area (Å²) >= 11 is 0. The minimum atomic E-state index is -0.304. The quantitative estimate of drug-likeness (QED) is 0.941. The molecule has 0 spiro atoms. The first-order valence-electron chi connectivity index (χ1n) is 6.97. The SMILES string of the molecule is COc1ccc2c(c1)CCNC2c1cccc(OC)c1F.